The number of nitrogens with zero attached hydrogens (tertiary/aromatic N) is 1. The Bertz CT molecular complexity index is 399. The molecule has 5 unspecified atom stereocenters. The highest BCUT2D eigenvalue weighted by Crippen LogP contribution is 2.30. The van der Waals surface area contributed by atoms with Gasteiger partial charge in [-0.15, -0.1) is 0 Å². The molecule has 5 heteroatoms. The molecule has 2 rings (SSSR count). The summed E-state index contributed by atoms with van der Waals surface area (Å²) in [6.07, 6.45) is 4.08. The van der Waals surface area contributed by atoms with Crippen LogP contribution in [0, 0.1) is 23.7 Å². The van der Waals surface area contributed by atoms with Crippen molar-refractivity contribution in [2.24, 2.45) is 23.7 Å². The first-order valence-electron chi connectivity index (χ1n) is 8.16. The average molecular weight is 296 g/mol. The Balaban J connectivity index is 1.94. The van der Waals surface area contributed by atoms with Crippen LogP contribution in [0.2, 0.25) is 0 Å². The van der Waals surface area contributed by atoms with Crippen LogP contribution in [-0.2, 0) is 4.79 Å². The predicted molar refractivity (Wildman–Crippen MR) is 81.0 cm³/mol. The summed E-state index contributed by atoms with van der Waals surface area (Å²) in [5.41, 5.74) is 0. The van der Waals surface area contributed by atoms with E-state index in [0.717, 1.165) is 12.8 Å². The van der Waals surface area contributed by atoms with E-state index in [-0.39, 0.29) is 18.0 Å². The molecular weight excluding hydrogens is 268 g/mol. The van der Waals surface area contributed by atoms with Gasteiger partial charge in [0.2, 0.25) is 0 Å². The molecule has 0 radical (unpaired) electrons. The largest absolute Gasteiger partial charge is 0.481 e. The minimum atomic E-state index is -0.793. The number of piperidine rings is 1. The van der Waals surface area contributed by atoms with Crippen molar-refractivity contribution < 1.29 is 14.7 Å². The van der Waals surface area contributed by atoms with E-state index in [1.54, 1.807) is 4.90 Å². The van der Waals surface area contributed by atoms with E-state index in [2.05, 4.69) is 19.2 Å². The van der Waals surface area contributed by atoms with Crippen LogP contribution < -0.4 is 5.32 Å². The molecule has 1 saturated heterocycles. The second kappa shape index (κ2) is 6.67. The van der Waals surface area contributed by atoms with Gasteiger partial charge in [0.05, 0.1) is 5.92 Å². The third kappa shape index (κ3) is 3.89. The zero-order valence-electron chi connectivity index (χ0n) is 13.3. The monoisotopic (exact) mass is 296 g/mol. The fourth-order valence-corrected chi connectivity index (χ4v) is 3.73. The topological polar surface area (TPSA) is 69.6 Å². The fraction of sp³-hybridized carbons (Fsp3) is 0.875. The molecule has 5 atom stereocenters. The molecule has 0 aromatic heterocycles. The van der Waals surface area contributed by atoms with Gasteiger partial charge in [-0.05, 0) is 30.6 Å². The van der Waals surface area contributed by atoms with Crippen LogP contribution in [0.4, 0.5) is 4.79 Å². The Hall–Kier alpha value is -1.26. The molecule has 5 nitrogen and oxygen atoms in total. The minimum Gasteiger partial charge on any atom is -0.481 e. The standard InChI is InChI=1S/C16H28N2O3/c1-10-7-13(15(19)20)9-18(8-10)16(21)17-14-6-4-5-11(2)12(14)3/h10-14H,4-9H2,1-3H3,(H,17,21)(H,19,20). The SMILES string of the molecule is CC1CC(C(=O)O)CN(C(=O)NC2CCCC(C)C2C)C1. The van der Waals surface area contributed by atoms with Gasteiger partial charge in [-0.25, -0.2) is 4.79 Å². The highest BCUT2D eigenvalue weighted by Gasteiger charge is 2.34. The molecule has 2 fully saturated rings. The minimum absolute atomic E-state index is 0.0845. The number of rotatable bonds is 2. The molecule has 1 aliphatic heterocycles. The Kier molecular flexibility index (Phi) is 5.12. The number of carboxylic acid groups (broad SMARTS) is 1. The fourth-order valence-electron chi connectivity index (χ4n) is 3.73. The van der Waals surface area contributed by atoms with Gasteiger partial charge in [-0.3, -0.25) is 4.79 Å². The van der Waals surface area contributed by atoms with Crippen molar-refractivity contribution in [3.05, 3.63) is 0 Å². The molecular formula is C16H28N2O3. The molecule has 1 saturated carbocycles. The van der Waals surface area contributed by atoms with Gasteiger partial charge >= 0.3 is 12.0 Å². The third-order valence-electron chi connectivity index (χ3n) is 5.31. The summed E-state index contributed by atoms with van der Waals surface area (Å²) in [4.78, 5) is 25.3. The van der Waals surface area contributed by atoms with Crippen molar-refractivity contribution >= 4 is 12.0 Å². The predicted octanol–water partition coefficient (Wildman–Crippen LogP) is 2.56. The second-order valence-electron chi connectivity index (χ2n) is 7.10. The number of nitrogens with one attached hydrogen (secondary N) is 1. The maximum Gasteiger partial charge on any atom is 0.317 e. The molecule has 1 aliphatic carbocycles. The lowest BCUT2D eigenvalue weighted by molar-refractivity contribution is -0.143. The van der Waals surface area contributed by atoms with E-state index in [9.17, 15) is 14.7 Å². The molecule has 0 aromatic rings. The van der Waals surface area contributed by atoms with Crippen molar-refractivity contribution in [3.63, 3.8) is 0 Å². The maximum atomic E-state index is 12.5. The molecule has 0 spiro atoms. The number of carboxylic acids is 1. The molecule has 0 bridgehead atoms. The molecule has 21 heavy (non-hydrogen) atoms. The average Bonchev–Trinajstić information content (AvgIpc) is 2.43. The van der Waals surface area contributed by atoms with Crippen molar-refractivity contribution in [2.45, 2.75) is 52.5 Å². The van der Waals surface area contributed by atoms with E-state index in [1.807, 2.05) is 6.92 Å². The Labute approximate surface area is 127 Å². The lowest BCUT2D eigenvalue weighted by atomic mass is 9.78. The van der Waals surface area contributed by atoms with E-state index < -0.39 is 11.9 Å². The molecule has 120 valence electrons. The summed E-state index contributed by atoms with van der Waals surface area (Å²) in [5, 5.41) is 12.3. The van der Waals surface area contributed by atoms with Crippen molar-refractivity contribution in [1.29, 1.82) is 0 Å². The summed E-state index contributed by atoms with van der Waals surface area (Å²) in [7, 11) is 0. The number of hydrogen-bond acceptors (Lipinski definition) is 2. The Morgan fingerprint density at radius 3 is 2.52 bits per heavy atom. The first kappa shape index (κ1) is 16.1. The lowest BCUT2D eigenvalue weighted by Crippen LogP contribution is -2.53. The number of likely N-dealkylation sites (tertiary alicyclic amines) is 1. The Morgan fingerprint density at radius 2 is 1.86 bits per heavy atom. The zero-order chi connectivity index (χ0) is 15.6. The zero-order valence-corrected chi connectivity index (χ0v) is 13.3. The summed E-state index contributed by atoms with van der Waals surface area (Å²) < 4.78 is 0. The second-order valence-corrected chi connectivity index (χ2v) is 7.10. The molecule has 2 aliphatic rings. The number of aliphatic carboxylic acids is 1. The first-order chi connectivity index (χ1) is 9.88. The molecule has 1 heterocycles. The lowest BCUT2D eigenvalue weighted by Gasteiger charge is -2.39. The van der Waals surface area contributed by atoms with Crippen LogP contribution in [0.15, 0.2) is 0 Å². The summed E-state index contributed by atoms with van der Waals surface area (Å²) in [6, 6.07) is 0.139. The smallest absolute Gasteiger partial charge is 0.317 e. The van der Waals surface area contributed by atoms with Crippen LogP contribution in [0.3, 0.4) is 0 Å². The number of amides is 2. The summed E-state index contributed by atoms with van der Waals surface area (Å²) in [6.45, 7) is 7.45. The summed E-state index contributed by atoms with van der Waals surface area (Å²) >= 11 is 0. The van der Waals surface area contributed by atoms with Crippen molar-refractivity contribution in [1.82, 2.24) is 10.2 Å². The molecule has 2 amide bonds. The number of carbonyl (C=O) groups is 2. The normalized spacial score (nSPS) is 37.1. The van der Waals surface area contributed by atoms with Crippen LogP contribution in [-0.4, -0.2) is 41.1 Å². The van der Waals surface area contributed by atoms with E-state index >= 15 is 0 Å². The first-order valence-corrected chi connectivity index (χ1v) is 8.16. The van der Waals surface area contributed by atoms with E-state index in [4.69, 9.17) is 0 Å². The van der Waals surface area contributed by atoms with Gasteiger partial charge in [0.1, 0.15) is 0 Å². The highest BCUT2D eigenvalue weighted by atomic mass is 16.4. The van der Waals surface area contributed by atoms with Crippen molar-refractivity contribution in [3.8, 4) is 0 Å². The van der Waals surface area contributed by atoms with E-state index in [1.165, 1.54) is 6.42 Å². The maximum absolute atomic E-state index is 12.5. The van der Waals surface area contributed by atoms with Gasteiger partial charge in [0.15, 0.2) is 0 Å². The van der Waals surface area contributed by atoms with Crippen LogP contribution in [0.1, 0.15) is 46.5 Å². The van der Waals surface area contributed by atoms with Crippen molar-refractivity contribution in [2.75, 3.05) is 13.1 Å². The van der Waals surface area contributed by atoms with Crippen LogP contribution >= 0.6 is 0 Å². The van der Waals surface area contributed by atoms with Gasteiger partial charge in [0, 0.05) is 19.1 Å². The highest BCUT2D eigenvalue weighted by molar-refractivity contribution is 5.77. The third-order valence-corrected chi connectivity index (χ3v) is 5.31. The quantitative estimate of drug-likeness (QED) is 0.823. The van der Waals surface area contributed by atoms with Crippen LogP contribution in [0.25, 0.3) is 0 Å². The number of urea groups is 1. The van der Waals surface area contributed by atoms with Gasteiger partial charge in [0.25, 0.3) is 0 Å². The molecule has 0 aromatic carbocycles. The summed E-state index contributed by atoms with van der Waals surface area (Å²) in [5.74, 6) is 0.144. The van der Waals surface area contributed by atoms with Gasteiger partial charge in [-0.1, -0.05) is 33.6 Å². The number of carbonyl (C=O) groups excluding carboxylic acids is 1. The van der Waals surface area contributed by atoms with Gasteiger partial charge in [-0.2, -0.15) is 0 Å². The molecule has 2 N–H and O–H groups in total. The number of hydrogen-bond donors (Lipinski definition) is 2. The van der Waals surface area contributed by atoms with Crippen LogP contribution in [0.5, 0.6) is 0 Å². The Morgan fingerprint density at radius 1 is 1.14 bits per heavy atom. The van der Waals surface area contributed by atoms with E-state index in [0.29, 0.717) is 31.3 Å². The van der Waals surface area contributed by atoms with Gasteiger partial charge < -0.3 is 15.3 Å².